The van der Waals surface area contributed by atoms with E-state index in [1.54, 1.807) is 18.2 Å². The molecule has 0 amide bonds. The topological polar surface area (TPSA) is 79.6 Å². The van der Waals surface area contributed by atoms with Crippen LogP contribution in [0.15, 0.2) is 47.4 Å². The number of fused-ring (bicyclic) bond motifs is 1. The van der Waals surface area contributed by atoms with Gasteiger partial charge in [0.15, 0.2) is 11.5 Å². The van der Waals surface area contributed by atoms with Gasteiger partial charge in [-0.25, -0.2) is 8.42 Å². The first-order chi connectivity index (χ1) is 13.1. The summed E-state index contributed by atoms with van der Waals surface area (Å²) in [4.78, 5) is 0.155. The van der Waals surface area contributed by atoms with Crippen LogP contribution in [0.5, 0.6) is 11.5 Å². The average Bonchev–Trinajstić information content (AvgIpc) is 3.08. The molecule has 0 N–H and O–H groups in total. The fraction of sp³-hybridized carbons (Fsp3) is 0.350. The summed E-state index contributed by atoms with van der Waals surface area (Å²) in [6, 6.07) is 13.6. The van der Waals surface area contributed by atoms with Gasteiger partial charge in [-0.05, 0) is 48.7 Å². The van der Waals surface area contributed by atoms with Gasteiger partial charge in [-0.15, -0.1) is 0 Å². The van der Waals surface area contributed by atoms with Gasteiger partial charge >= 0.3 is 0 Å². The van der Waals surface area contributed by atoms with E-state index in [4.69, 9.17) is 14.7 Å². The van der Waals surface area contributed by atoms with Gasteiger partial charge in [0, 0.05) is 13.0 Å². The Morgan fingerprint density at radius 2 is 1.85 bits per heavy atom. The zero-order chi connectivity index (χ0) is 18.9. The minimum atomic E-state index is -3.69. The van der Waals surface area contributed by atoms with Crippen LogP contribution >= 0.6 is 0 Å². The summed E-state index contributed by atoms with van der Waals surface area (Å²) in [5.41, 5.74) is 1.24. The Morgan fingerprint density at radius 1 is 1.04 bits per heavy atom. The third kappa shape index (κ3) is 3.38. The zero-order valence-corrected chi connectivity index (χ0v) is 15.6. The highest BCUT2D eigenvalue weighted by Gasteiger charge is 2.36. The van der Waals surface area contributed by atoms with Gasteiger partial charge < -0.3 is 9.47 Å². The van der Waals surface area contributed by atoms with Gasteiger partial charge in [0.2, 0.25) is 10.0 Å². The second-order valence-electron chi connectivity index (χ2n) is 6.67. The lowest BCUT2D eigenvalue weighted by molar-refractivity contribution is 0.296. The fourth-order valence-corrected chi connectivity index (χ4v) is 5.34. The fourth-order valence-electron chi connectivity index (χ4n) is 3.61. The molecule has 2 heterocycles. The number of rotatable bonds is 3. The van der Waals surface area contributed by atoms with Crippen molar-refractivity contribution in [3.05, 3.63) is 53.6 Å². The first-order valence-corrected chi connectivity index (χ1v) is 10.5. The quantitative estimate of drug-likeness (QED) is 0.812. The molecule has 1 saturated heterocycles. The van der Waals surface area contributed by atoms with E-state index >= 15 is 0 Å². The summed E-state index contributed by atoms with van der Waals surface area (Å²) in [5.74, 6) is 1.37. The Balaban J connectivity index is 1.68. The van der Waals surface area contributed by atoms with E-state index in [0.29, 0.717) is 36.8 Å². The third-order valence-electron chi connectivity index (χ3n) is 4.93. The van der Waals surface area contributed by atoms with E-state index in [-0.39, 0.29) is 10.9 Å². The minimum absolute atomic E-state index is 0.155. The normalized spacial score (nSPS) is 20.0. The van der Waals surface area contributed by atoms with Crippen molar-refractivity contribution in [3.8, 4) is 17.6 Å². The standard InChI is InChI=1S/C20H20N2O4S/c21-14-15-4-1-5-17(12-15)27(23,24)22-9-2-6-18(22)16-7-8-19-20(13-16)26-11-3-10-25-19/h1,4-5,7-8,12-13,18H,2-3,6,9-11H2. The van der Waals surface area contributed by atoms with Crippen LogP contribution in [0.1, 0.15) is 36.4 Å². The van der Waals surface area contributed by atoms with Crippen LogP contribution in [-0.4, -0.2) is 32.5 Å². The number of hydrogen-bond acceptors (Lipinski definition) is 5. The summed E-state index contributed by atoms with van der Waals surface area (Å²) >= 11 is 0. The first-order valence-electron chi connectivity index (χ1n) is 9.01. The maximum Gasteiger partial charge on any atom is 0.243 e. The zero-order valence-electron chi connectivity index (χ0n) is 14.8. The number of sulfonamides is 1. The Morgan fingerprint density at radius 3 is 2.67 bits per heavy atom. The molecule has 2 aliphatic rings. The van der Waals surface area contributed by atoms with Crippen molar-refractivity contribution in [1.29, 1.82) is 5.26 Å². The third-order valence-corrected chi connectivity index (χ3v) is 6.83. The molecule has 7 heteroatoms. The summed E-state index contributed by atoms with van der Waals surface area (Å²) in [7, 11) is -3.69. The van der Waals surface area contributed by atoms with Crippen LogP contribution in [0.2, 0.25) is 0 Å². The first kappa shape index (κ1) is 17.8. The Kier molecular flexibility index (Phi) is 4.77. The van der Waals surface area contributed by atoms with Crippen molar-refractivity contribution >= 4 is 10.0 Å². The molecule has 0 radical (unpaired) electrons. The summed E-state index contributed by atoms with van der Waals surface area (Å²) in [6.45, 7) is 1.66. The molecular formula is C20H20N2O4S. The molecule has 1 fully saturated rings. The molecule has 0 saturated carbocycles. The van der Waals surface area contributed by atoms with E-state index in [1.165, 1.54) is 10.4 Å². The molecule has 1 atom stereocenters. The van der Waals surface area contributed by atoms with Crippen molar-refractivity contribution in [2.45, 2.75) is 30.2 Å². The van der Waals surface area contributed by atoms with Crippen molar-refractivity contribution < 1.29 is 17.9 Å². The minimum Gasteiger partial charge on any atom is -0.490 e. The molecule has 2 aromatic rings. The molecule has 2 aromatic carbocycles. The lowest BCUT2D eigenvalue weighted by atomic mass is 10.0. The van der Waals surface area contributed by atoms with Gasteiger partial charge in [-0.2, -0.15) is 9.57 Å². The molecule has 27 heavy (non-hydrogen) atoms. The van der Waals surface area contributed by atoms with E-state index in [2.05, 4.69) is 0 Å². The summed E-state index contributed by atoms with van der Waals surface area (Å²) in [6.07, 6.45) is 2.36. The maximum atomic E-state index is 13.2. The largest absolute Gasteiger partial charge is 0.490 e. The smallest absolute Gasteiger partial charge is 0.243 e. The average molecular weight is 384 g/mol. The highest BCUT2D eigenvalue weighted by Crippen LogP contribution is 2.40. The molecule has 0 aromatic heterocycles. The van der Waals surface area contributed by atoms with E-state index in [9.17, 15) is 8.42 Å². The van der Waals surface area contributed by atoms with Gasteiger partial charge in [-0.1, -0.05) is 12.1 Å². The Hall–Kier alpha value is -2.56. The van der Waals surface area contributed by atoms with E-state index in [0.717, 1.165) is 24.8 Å². The molecule has 1 unspecified atom stereocenters. The molecule has 0 aliphatic carbocycles. The molecule has 2 aliphatic heterocycles. The number of benzene rings is 2. The summed E-state index contributed by atoms with van der Waals surface area (Å²) in [5, 5.41) is 9.07. The number of hydrogen-bond donors (Lipinski definition) is 0. The maximum absolute atomic E-state index is 13.2. The van der Waals surface area contributed by atoms with Crippen LogP contribution in [0.25, 0.3) is 0 Å². The van der Waals surface area contributed by atoms with Crippen LogP contribution < -0.4 is 9.47 Å². The van der Waals surface area contributed by atoms with Crippen LogP contribution in [0, 0.1) is 11.3 Å². The highest BCUT2D eigenvalue weighted by molar-refractivity contribution is 7.89. The second-order valence-corrected chi connectivity index (χ2v) is 8.56. The second kappa shape index (κ2) is 7.22. The molecule has 140 valence electrons. The SMILES string of the molecule is N#Cc1cccc(S(=O)(=O)N2CCCC2c2ccc3c(c2)OCCCO3)c1. The van der Waals surface area contributed by atoms with Gasteiger partial charge in [0.25, 0.3) is 0 Å². The van der Waals surface area contributed by atoms with Crippen molar-refractivity contribution in [2.24, 2.45) is 0 Å². The van der Waals surface area contributed by atoms with E-state index in [1.807, 2.05) is 24.3 Å². The Bertz CT molecular complexity index is 997. The number of nitriles is 1. The van der Waals surface area contributed by atoms with Gasteiger partial charge in [0.05, 0.1) is 35.8 Å². The van der Waals surface area contributed by atoms with Crippen LogP contribution in [-0.2, 0) is 10.0 Å². The van der Waals surface area contributed by atoms with Crippen molar-refractivity contribution in [1.82, 2.24) is 4.31 Å². The molecule has 6 nitrogen and oxygen atoms in total. The predicted molar refractivity (Wildman–Crippen MR) is 99.1 cm³/mol. The lowest BCUT2D eigenvalue weighted by Crippen LogP contribution is -2.30. The van der Waals surface area contributed by atoms with Crippen molar-refractivity contribution in [3.63, 3.8) is 0 Å². The number of ether oxygens (including phenoxy) is 2. The van der Waals surface area contributed by atoms with Crippen LogP contribution in [0.3, 0.4) is 0 Å². The van der Waals surface area contributed by atoms with Gasteiger partial charge in [0.1, 0.15) is 0 Å². The highest BCUT2D eigenvalue weighted by atomic mass is 32.2. The molecular weight excluding hydrogens is 364 g/mol. The Labute approximate surface area is 159 Å². The summed E-state index contributed by atoms with van der Waals surface area (Å²) < 4.78 is 39.3. The monoisotopic (exact) mass is 384 g/mol. The molecule has 4 rings (SSSR count). The van der Waals surface area contributed by atoms with E-state index < -0.39 is 10.0 Å². The van der Waals surface area contributed by atoms with Crippen molar-refractivity contribution in [2.75, 3.05) is 19.8 Å². The molecule has 0 bridgehead atoms. The number of nitrogens with zero attached hydrogens (tertiary/aromatic N) is 2. The predicted octanol–water partition coefficient (Wildman–Crippen LogP) is 3.25. The van der Waals surface area contributed by atoms with Crippen LogP contribution in [0.4, 0.5) is 0 Å². The van der Waals surface area contributed by atoms with Gasteiger partial charge in [-0.3, -0.25) is 0 Å². The molecule has 0 spiro atoms. The lowest BCUT2D eigenvalue weighted by Gasteiger charge is -2.25.